The molecule has 3 rings (SSSR count). The summed E-state index contributed by atoms with van der Waals surface area (Å²) in [6.45, 7) is 38.2. The summed E-state index contributed by atoms with van der Waals surface area (Å²) < 4.78 is 0. The first-order valence-electron chi connectivity index (χ1n) is 27.6. The first-order valence-corrected chi connectivity index (χ1v) is 30.3. The minimum atomic E-state index is -1.21. The van der Waals surface area contributed by atoms with Gasteiger partial charge in [-0.1, -0.05) is 0 Å². The van der Waals surface area contributed by atoms with Crippen molar-refractivity contribution >= 4 is 0 Å². The van der Waals surface area contributed by atoms with Crippen molar-refractivity contribution in [2.45, 2.75) is 253 Å². The molecular formula is C63H105Cr. The van der Waals surface area contributed by atoms with Crippen LogP contribution in [0.1, 0.15) is 254 Å². The fraction of sp³-hybridized carbons (Fsp3) is 0.714. The van der Waals surface area contributed by atoms with E-state index in [1.54, 1.807) is 16.7 Å². The van der Waals surface area contributed by atoms with Gasteiger partial charge in [-0.25, -0.2) is 0 Å². The van der Waals surface area contributed by atoms with Crippen LogP contribution in [-0.2, 0) is 14.1 Å². The zero-order valence-electron chi connectivity index (χ0n) is 45.1. The van der Waals surface area contributed by atoms with Gasteiger partial charge in [0.1, 0.15) is 0 Å². The van der Waals surface area contributed by atoms with E-state index in [1.165, 1.54) is 131 Å². The van der Waals surface area contributed by atoms with E-state index in [9.17, 15) is 0 Å². The topological polar surface area (TPSA) is 0 Å². The fourth-order valence-electron chi connectivity index (χ4n) is 13.7. The quantitative estimate of drug-likeness (QED) is 0.0571. The van der Waals surface area contributed by atoms with Crippen LogP contribution < -0.4 is 0 Å². The van der Waals surface area contributed by atoms with E-state index in [4.69, 9.17) is 0 Å². The van der Waals surface area contributed by atoms with E-state index < -0.39 is 14.1 Å². The number of hydrogen-bond acceptors (Lipinski definition) is 0. The van der Waals surface area contributed by atoms with E-state index >= 15 is 0 Å². The molecule has 1 heteroatoms. The molecule has 0 aromatic heterocycles. The second-order valence-electron chi connectivity index (χ2n) is 21.4. The summed E-state index contributed by atoms with van der Waals surface area (Å²) in [5.41, 5.74) is 6.83. The maximum atomic E-state index is 2.60. The Labute approximate surface area is 405 Å². The van der Waals surface area contributed by atoms with Crippen LogP contribution in [0, 0.1) is 32.5 Å². The summed E-state index contributed by atoms with van der Waals surface area (Å²) in [6, 6.07) is 35.7. The normalized spacial score (nSPS) is 14.8. The van der Waals surface area contributed by atoms with Gasteiger partial charge in [0.15, 0.2) is 0 Å². The standard InChI is InChI=1S/3C21H35.Cr/c3*1-7-20(6,8-2)17-19(18-15-13-12-14-16-18)21(9-3,10-4)11-5;/h3*12-16,19H,6-11,17H2,1-5H3;. The number of rotatable bonds is 33. The van der Waals surface area contributed by atoms with E-state index in [-0.39, 0.29) is 0 Å². The van der Waals surface area contributed by atoms with Crippen molar-refractivity contribution in [2.24, 2.45) is 32.5 Å². The van der Waals surface area contributed by atoms with Crippen LogP contribution in [-0.4, -0.2) is 0 Å². The Hall–Kier alpha value is -1.81. The van der Waals surface area contributed by atoms with Gasteiger partial charge in [0, 0.05) is 0 Å². The van der Waals surface area contributed by atoms with Crippen LogP contribution in [0.3, 0.4) is 0 Å². The molecule has 0 bridgehead atoms. The van der Waals surface area contributed by atoms with E-state index in [0.29, 0.717) is 50.2 Å². The molecule has 3 atom stereocenters. The fourth-order valence-corrected chi connectivity index (χ4v) is 20.7. The molecule has 0 aliphatic heterocycles. The first kappa shape index (κ1) is 56.5. The average Bonchev–Trinajstić information content (AvgIpc) is 3.36. The van der Waals surface area contributed by atoms with E-state index in [2.05, 4.69) is 195 Å². The van der Waals surface area contributed by atoms with Crippen LogP contribution in [0.25, 0.3) is 0 Å². The van der Waals surface area contributed by atoms with Crippen molar-refractivity contribution in [3.8, 4) is 0 Å². The van der Waals surface area contributed by atoms with E-state index in [1.807, 2.05) is 0 Å². The molecule has 0 aliphatic rings. The SMILES string of the molecule is CCC(CC)(CC(c1ccccc1)C(CC)(CC)CC)[CH2][Cr]([CH2]C(CC)(CC)CC(c1ccccc1)C(CC)(CC)CC)[CH2]C(CC)(CC)CC(c1ccccc1)C(CC)(CC)CC. The predicted octanol–water partition coefficient (Wildman–Crippen LogP) is 21.4. The van der Waals surface area contributed by atoms with Gasteiger partial charge in [-0.2, -0.15) is 0 Å². The second-order valence-corrected chi connectivity index (χ2v) is 24.7. The van der Waals surface area contributed by atoms with Crippen molar-refractivity contribution < 1.29 is 14.1 Å². The van der Waals surface area contributed by atoms with Crippen molar-refractivity contribution in [3.63, 3.8) is 0 Å². The Morgan fingerprint density at radius 3 is 0.625 bits per heavy atom. The maximum absolute atomic E-state index is 2.60. The third-order valence-electron chi connectivity index (χ3n) is 20.1. The van der Waals surface area contributed by atoms with E-state index in [0.717, 1.165) is 0 Å². The molecule has 0 N–H and O–H groups in total. The van der Waals surface area contributed by atoms with Gasteiger partial charge in [-0.3, -0.25) is 0 Å². The van der Waals surface area contributed by atoms with Crippen LogP contribution in [0.15, 0.2) is 91.0 Å². The Morgan fingerprint density at radius 2 is 0.469 bits per heavy atom. The zero-order chi connectivity index (χ0) is 47.5. The number of hydrogen-bond donors (Lipinski definition) is 0. The molecule has 64 heavy (non-hydrogen) atoms. The summed E-state index contributed by atoms with van der Waals surface area (Å²) in [5, 5.41) is 4.44. The molecule has 0 saturated carbocycles. The molecule has 0 fully saturated rings. The molecule has 0 amide bonds. The molecule has 0 nitrogen and oxygen atoms in total. The molecular weight excluding hydrogens is 809 g/mol. The Morgan fingerprint density at radius 1 is 0.281 bits per heavy atom. The van der Waals surface area contributed by atoms with Crippen molar-refractivity contribution in [1.82, 2.24) is 0 Å². The summed E-state index contributed by atoms with van der Waals surface area (Å²) in [4.78, 5) is 0. The van der Waals surface area contributed by atoms with Crippen LogP contribution >= 0.6 is 0 Å². The monoisotopic (exact) mass is 914 g/mol. The Bertz CT molecular complexity index is 1410. The van der Waals surface area contributed by atoms with Gasteiger partial charge in [0.2, 0.25) is 0 Å². The van der Waals surface area contributed by atoms with Gasteiger partial charge in [-0.15, -0.1) is 0 Å². The molecule has 0 saturated heterocycles. The number of benzene rings is 3. The van der Waals surface area contributed by atoms with Crippen LogP contribution in [0.2, 0.25) is 15.8 Å². The molecule has 363 valence electrons. The van der Waals surface area contributed by atoms with Crippen molar-refractivity contribution in [3.05, 3.63) is 108 Å². The van der Waals surface area contributed by atoms with Gasteiger partial charge in [-0.05, 0) is 0 Å². The van der Waals surface area contributed by atoms with Gasteiger partial charge < -0.3 is 0 Å². The predicted molar refractivity (Wildman–Crippen MR) is 285 cm³/mol. The summed E-state index contributed by atoms with van der Waals surface area (Å²) in [7, 11) is 0. The first-order chi connectivity index (χ1) is 30.8. The average molecular weight is 915 g/mol. The summed E-state index contributed by atoms with van der Waals surface area (Å²) >= 11 is -1.21. The van der Waals surface area contributed by atoms with Crippen molar-refractivity contribution in [2.75, 3.05) is 0 Å². The molecule has 0 spiro atoms. The second kappa shape index (κ2) is 26.7. The molecule has 3 aromatic carbocycles. The molecule has 3 unspecified atom stereocenters. The van der Waals surface area contributed by atoms with Crippen LogP contribution in [0.5, 0.6) is 0 Å². The molecule has 0 aliphatic carbocycles. The Kier molecular flexibility index (Phi) is 23.5. The molecule has 3 aromatic rings. The van der Waals surface area contributed by atoms with Gasteiger partial charge >= 0.3 is 407 Å². The third kappa shape index (κ3) is 13.0. The summed E-state index contributed by atoms with van der Waals surface area (Å²) in [5.74, 6) is 1.77. The van der Waals surface area contributed by atoms with Crippen LogP contribution in [0.4, 0.5) is 0 Å². The van der Waals surface area contributed by atoms with Gasteiger partial charge in [0.05, 0.1) is 0 Å². The third-order valence-corrected chi connectivity index (χ3v) is 24.9. The molecule has 0 heterocycles. The molecule has 0 radical (unpaired) electrons. The van der Waals surface area contributed by atoms with Crippen molar-refractivity contribution in [1.29, 1.82) is 0 Å². The van der Waals surface area contributed by atoms with Gasteiger partial charge in [0.25, 0.3) is 0 Å². The zero-order valence-corrected chi connectivity index (χ0v) is 46.4. The minimum absolute atomic E-state index is 0.332. The summed E-state index contributed by atoms with van der Waals surface area (Å²) in [6.07, 6.45) is 23.1. The Balaban J connectivity index is 2.35.